The Bertz CT molecular complexity index is 339. The van der Waals surface area contributed by atoms with Crippen LogP contribution in [0.3, 0.4) is 0 Å². The maximum atomic E-state index is 5.65. The van der Waals surface area contributed by atoms with Crippen LogP contribution >= 0.6 is 0 Å². The molecule has 3 atom stereocenters. The second-order valence-electron chi connectivity index (χ2n) is 4.51. The number of fused-ring (bicyclic) bond motifs is 1. The van der Waals surface area contributed by atoms with Gasteiger partial charge in [0.1, 0.15) is 0 Å². The quantitative estimate of drug-likeness (QED) is 0.839. The molecule has 3 unspecified atom stereocenters. The Hall–Kier alpha value is -0.860. The average molecular weight is 219 g/mol. The van der Waals surface area contributed by atoms with E-state index in [1.807, 2.05) is 14.2 Å². The molecule has 0 spiro atoms. The first kappa shape index (κ1) is 11.6. The Balaban J connectivity index is 2.33. The molecule has 2 rings (SSSR count). The highest BCUT2D eigenvalue weighted by atomic mass is 16.5. The molecule has 2 nitrogen and oxygen atoms in total. The summed E-state index contributed by atoms with van der Waals surface area (Å²) in [6.45, 7) is 2.23. The highest BCUT2D eigenvalue weighted by molar-refractivity contribution is 5.38. The van der Waals surface area contributed by atoms with Gasteiger partial charge in [0, 0.05) is 19.1 Å². The van der Waals surface area contributed by atoms with Crippen LogP contribution in [0, 0.1) is 0 Å². The van der Waals surface area contributed by atoms with Crippen LogP contribution in [0.25, 0.3) is 0 Å². The zero-order valence-corrected chi connectivity index (χ0v) is 10.4. The van der Waals surface area contributed by atoms with Gasteiger partial charge in [-0.05, 0) is 31.0 Å². The first-order valence-corrected chi connectivity index (χ1v) is 6.09. The fraction of sp³-hybridized carbons (Fsp3) is 0.571. The fourth-order valence-corrected chi connectivity index (χ4v) is 2.93. The van der Waals surface area contributed by atoms with Crippen molar-refractivity contribution in [1.82, 2.24) is 5.32 Å². The van der Waals surface area contributed by atoms with Crippen molar-refractivity contribution in [2.75, 3.05) is 14.2 Å². The summed E-state index contributed by atoms with van der Waals surface area (Å²) >= 11 is 0. The van der Waals surface area contributed by atoms with E-state index in [0.717, 1.165) is 12.8 Å². The lowest BCUT2D eigenvalue weighted by Crippen LogP contribution is -2.36. The van der Waals surface area contributed by atoms with E-state index in [1.165, 1.54) is 11.1 Å². The van der Waals surface area contributed by atoms with Gasteiger partial charge in [-0.25, -0.2) is 0 Å². The minimum atomic E-state index is 0.329. The molecule has 0 aliphatic heterocycles. The van der Waals surface area contributed by atoms with Crippen LogP contribution in [0.1, 0.15) is 30.4 Å². The Morgan fingerprint density at radius 2 is 2.19 bits per heavy atom. The van der Waals surface area contributed by atoms with Crippen LogP contribution in [-0.2, 0) is 11.2 Å². The number of methoxy groups -OCH3 is 1. The van der Waals surface area contributed by atoms with E-state index in [9.17, 15) is 0 Å². The minimum absolute atomic E-state index is 0.329. The van der Waals surface area contributed by atoms with Gasteiger partial charge in [-0.15, -0.1) is 0 Å². The van der Waals surface area contributed by atoms with E-state index < -0.39 is 0 Å². The van der Waals surface area contributed by atoms with Gasteiger partial charge in [0.15, 0.2) is 0 Å². The highest BCUT2D eigenvalue weighted by Gasteiger charge is 2.36. The Morgan fingerprint density at radius 3 is 2.81 bits per heavy atom. The lowest BCUT2D eigenvalue weighted by Gasteiger charge is -2.27. The summed E-state index contributed by atoms with van der Waals surface area (Å²) < 4.78 is 5.65. The maximum Gasteiger partial charge on any atom is 0.0695 e. The van der Waals surface area contributed by atoms with Crippen LogP contribution < -0.4 is 5.32 Å². The summed E-state index contributed by atoms with van der Waals surface area (Å²) in [6, 6.07) is 9.23. The fourth-order valence-electron chi connectivity index (χ4n) is 2.93. The number of rotatable bonds is 4. The van der Waals surface area contributed by atoms with Crippen molar-refractivity contribution in [2.45, 2.75) is 37.8 Å². The van der Waals surface area contributed by atoms with Crippen LogP contribution in [0.4, 0.5) is 0 Å². The number of benzene rings is 1. The molecular weight excluding hydrogens is 198 g/mol. The molecule has 0 saturated carbocycles. The van der Waals surface area contributed by atoms with Gasteiger partial charge >= 0.3 is 0 Å². The van der Waals surface area contributed by atoms with E-state index in [0.29, 0.717) is 18.1 Å². The third-order valence-corrected chi connectivity index (χ3v) is 3.78. The normalized spacial score (nSPS) is 25.4. The molecule has 16 heavy (non-hydrogen) atoms. The molecule has 0 radical (unpaired) electrons. The van der Waals surface area contributed by atoms with Gasteiger partial charge in [0.25, 0.3) is 0 Å². The van der Waals surface area contributed by atoms with Crippen molar-refractivity contribution < 1.29 is 4.74 Å². The summed E-state index contributed by atoms with van der Waals surface area (Å²) in [7, 11) is 3.87. The molecule has 1 N–H and O–H groups in total. The third kappa shape index (κ3) is 1.87. The summed E-state index contributed by atoms with van der Waals surface area (Å²) in [5, 5.41) is 3.42. The zero-order valence-electron chi connectivity index (χ0n) is 10.4. The van der Waals surface area contributed by atoms with Crippen molar-refractivity contribution in [3.05, 3.63) is 35.4 Å². The van der Waals surface area contributed by atoms with Crippen LogP contribution in [0.2, 0.25) is 0 Å². The molecule has 0 saturated heterocycles. The Morgan fingerprint density at radius 1 is 1.44 bits per heavy atom. The van der Waals surface area contributed by atoms with Gasteiger partial charge in [-0.1, -0.05) is 31.2 Å². The number of hydrogen-bond acceptors (Lipinski definition) is 2. The first-order valence-electron chi connectivity index (χ1n) is 6.09. The van der Waals surface area contributed by atoms with Gasteiger partial charge in [-0.3, -0.25) is 0 Å². The topological polar surface area (TPSA) is 21.3 Å². The van der Waals surface area contributed by atoms with E-state index in [2.05, 4.69) is 36.5 Å². The molecule has 0 fully saturated rings. The molecule has 2 heteroatoms. The van der Waals surface area contributed by atoms with Crippen molar-refractivity contribution >= 4 is 0 Å². The number of hydrogen-bond donors (Lipinski definition) is 1. The molecule has 1 aliphatic rings. The van der Waals surface area contributed by atoms with E-state index in [-0.39, 0.29) is 0 Å². The molecule has 88 valence electrons. The smallest absolute Gasteiger partial charge is 0.0695 e. The molecule has 0 aromatic heterocycles. The lowest BCUT2D eigenvalue weighted by molar-refractivity contribution is 0.0772. The van der Waals surface area contributed by atoms with Crippen LogP contribution in [0.5, 0.6) is 0 Å². The van der Waals surface area contributed by atoms with Crippen molar-refractivity contribution in [2.24, 2.45) is 0 Å². The largest absolute Gasteiger partial charge is 0.380 e. The molecule has 1 aliphatic carbocycles. The summed E-state index contributed by atoms with van der Waals surface area (Å²) in [5.41, 5.74) is 2.92. The Kier molecular flexibility index (Phi) is 3.62. The van der Waals surface area contributed by atoms with Gasteiger partial charge in [0.05, 0.1) is 6.10 Å². The second kappa shape index (κ2) is 4.98. The molecule has 1 aromatic rings. The van der Waals surface area contributed by atoms with Gasteiger partial charge < -0.3 is 10.1 Å². The average Bonchev–Trinajstić information content (AvgIpc) is 2.70. The molecule has 0 amide bonds. The number of nitrogens with one attached hydrogen (secondary N) is 1. The van der Waals surface area contributed by atoms with Crippen LogP contribution in [0.15, 0.2) is 24.3 Å². The summed E-state index contributed by atoms with van der Waals surface area (Å²) in [4.78, 5) is 0. The van der Waals surface area contributed by atoms with Crippen molar-refractivity contribution in [3.63, 3.8) is 0 Å². The van der Waals surface area contributed by atoms with E-state index in [1.54, 1.807) is 0 Å². The highest BCUT2D eigenvalue weighted by Crippen LogP contribution is 2.37. The minimum Gasteiger partial charge on any atom is -0.380 e. The summed E-state index contributed by atoms with van der Waals surface area (Å²) in [6.07, 6.45) is 2.51. The predicted octanol–water partition coefficient (Wildman–Crippen LogP) is 2.34. The van der Waals surface area contributed by atoms with E-state index in [4.69, 9.17) is 4.74 Å². The van der Waals surface area contributed by atoms with Crippen molar-refractivity contribution in [3.8, 4) is 0 Å². The molecule has 0 heterocycles. The second-order valence-corrected chi connectivity index (χ2v) is 4.51. The SMILES string of the molecule is CCC(NC)C1c2ccccc2CC1OC. The van der Waals surface area contributed by atoms with Gasteiger partial charge in [-0.2, -0.15) is 0 Å². The maximum absolute atomic E-state index is 5.65. The van der Waals surface area contributed by atoms with Crippen molar-refractivity contribution in [1.29, 1.82) is 0 Å². The standard InChI is InChI=1S/C14H21NO/c1-4-12(15-2)14-11-8-6-5-7-10(11)9-13(14)16-3/h5-8,12-15H,4,9H2,1-3H3. The molecule has 1 aromatic carbocycles. The Labute approximate surface area is 98.0 Å². The summed E-state index contributed by atoms with van der Waals surface area (Å²) in [5.74, 6) is 0.496. The number of likely N-dealkylation sites (N-methyl/N-ethyl adjacent to an activating group) is 1. The van der Waals surface area contributed by atoms with Gasteiger partial charge in [0.2, 0.25) is 0 Å². The van der Waals surface area contributed by atoms with Crippen LogP contribution in [-0.4, -0.2) is 26.3 Å². The third-order valence-electron chi connectivity index (χ3n) is 3.78. The predicted molar refractivity (Wildman–Crippen MR) is 66.8 cm³/mol. The monoisotopic (exact) mass is 219 g/mol. The molecule has 0 bridgehead atoms. The number of ether oxygens (including phenoxy) is 1. The zero-order chi connectivity index (χ0) is 11.5. The first-order chi connectivity index (χ1) is 7.81. The van der Waals surface area contributed by atoms with E-state index >= 15 is 0 Å². The lowest BCUT2D eigenvalue weighted by atomic mass is 9.90. The molecular formula is C14H21NO.